The number of likely N-dealkylation sites (tertiary alicyclic amines) is 1. The highest BCUT2D eigenvalue weighted by molar-refractivity contribution is 6.39. The number of benzene rings is 3. The standard InChI is InChI=1S/C32H31Cl2FN4O4/c1-43-29-14-18(13-24(35)23(29)17-38-12-10-19(40)16-38)20-5-2-6-21(30(20)33)22-7-3-8-25(31(22)34)36-32(42)26-15-27-28(41)9-4-11-39(27)37-26/h2-3,5-8,13-15,19,28,40-41H,4,9-12,16-17H2,1H3,(H,36,42)/t19-,28?/m1/s1. The fourth-order valence-corrected chi connectivity index (χ4v) is 6.45. The number of methoxy groups -OCH3 is 1. The van der Waals surface area contributed by atoms with Crippen LogP contribution in [0.4, 0.5) is 10.1 Å². The molecule has 0 bridgehead atoms. The molecule has 1 fully saturated rings. The molecule has 0 saturated carbocycles. The quantitative estimate of drug-likeness (QED) is 0.223. The number of halogens is 3. The Labute approximate surface area is 258 Å². The van der Waals surface area contributed by atoms with Gasteiger partial charge >= 0.3 is 0 Å². The van der Waals surface area contributed by atoms with Gasteiger partial charge in [-0.3, -0.25) is 14.4 Å². The van der Waals surface area contributed by atoms with E-state index < -0.39 is 23.9 Å². The first kappa shape index (κ1) is 29.6. The fraction of sp³-hybridized carbons (Fsp3) is 0.312. The van der Waals surface area contributed by atoms with E-state index in [1.54, 1.807) is 41.1 Å². The molecule has 2 aliphatic rings. The van der Waals surface area contributed by atoms with Gasteiger partial charge in [0.1, 0.15) is 11.6 Å². The Morgan fingerprint density at radius 3 is 2.51 bits per heavy atom. The van der Waals surface area contributed by atoms with Crippen LogP contribution >= 0.6 is 23.2 Å². The number of carbonyl (C=O) groups excluding carboxylic acids is 1. The highest BCUT2D eigenvalue weighted by Crippen LogP contribution is 2.43. The van der Waals surface area contributed by atoms with Crippen molar-refractivity contribution >= 4 is 34.8 Å². The molecule has 43 heavy (non-hydrogen) atoms. The molecule has 6 rings (SSSR count). The van der Waals surface area contributed by atoms with Gasteiger partial charge < -0.3 is 20.3 Å². The Morgan fingerprint density at radius 2 is 1.79 bits per heavy atom. The number of carbonyl (C=O) groups is 1. The van der Waals surface area contributed by atoms with Crippen molar-refractivity contribution in [3.63, 3.8) is 0 Å². The molecule has 3 aromatic carbocycles. The van der Waals surface area contributed by atoms with E-state index in [0.717, 1.165) is 6.42 Å². The fourth-order valence-electron chi connectivity index (χ4n) is 5.84. The molecule has 8 nitrogen and oxygen atoms in total. The first-order valence-corrected chi connectivity index (χ1v) is 14.9. The summed E-state index contributed by atoms with van der Waals surface area (Å²) in [6, 6.07) is 15.5. The van der Waals surface area contributed by atoms with Crippen LogP contribution in [-0.4, -0.2) is 57.1 Å². The monoisotopic (exact) mass is 624 g/mol. The van der Waals surface area contributed by atoms with E-state index in [1.165, 1.54) is 13.2 Å². The van der Waals surface area contributed by atoms with E-state index in [-0.39, 0.29) is 10.7 Å². The topological polar surface area (TPSA) is 99.8 Å². The Bertz CT molecular complexity index is 1690. The van der Waals surface area contributed by atoms with Crippen molar-refractivity contribution in [2.75, 3.05) is 25.5 Å². The van der Waals surface area contributed by atoms with Crippen LogP contribution in [0.3, 0.4) is 0 Å². The lowest BCUT2D eigenvalue weighted by Gasteiger charge is -2.19. The summed E-state index contributed by atoms with van der Waals surface area (Å²) in [6.07, 6.45) is 1.03. The summed E-state index contributed by atoms with van der Waals surface area (Å²) in [5.41, 5.74) is 3.94. The largest absolute Gasteiger partial charge is 0.496 e. The molecule has 3 N–H and O–H groups in total. The molecule has 0 aliphatic carbocycles. The highest BCUT2D eigenvalue weighted by atomic mass is 35.5. The third-order valence-corrected chi connectivity index (χ3v) is 8.90. The maximum atomic E-state index is 15.5. The van der Waals surface area contributed by atoms with Gasteiger partial charge in [-0.2, -0.15) is 5.10 Å². The molecule has 1 amide bonds. The lowest BCUT2D eigenvalue weighted by molar-refractivity contribution is 0.102. The maximum absolute atomic E-state index is 15.5. The SMILES string of the molecule is COc1cc(-c2cccc(-c3cccc(NC(=O)c4cc5n(n4)CCCC5O)c3Cl)c2Cl)cc(F)c1CN1CC[C@@H](O)C1. The zero-order valence-corrected chi connectivity index (χ0v) is 25.0. The van der Waals surface area contributed by atoms with Crippen molar-refractivity contribution in [2.45, 2.75) is 44.6 Å². The summed E-state index contributed by atoms with van der Waals surface area (Å²) < 4.78 is 22.7. The number of fused-ring (bicyclic) bond motifs is 1. The minimum absolute atomic E-state index is 0.192. The molecule has 1 saturated heterocycles. The zero-order valence-electron chi connectivity index (χ0n) is 23.5. The molecule has 3 heterocycles. The van der Waals surface area contributed by atoms with E-state index in [2.05, 4.69) is 10.4 Å². The molecular formula is C32H31Cl2FN4O4. The number of aryl methyl sites for hydroxylation is 1. The third-order valence-electron chi connectivity index (χ3n) is 8.08. The summed E-state index contributed by atoms with van der Waals surface area (Å²) in [4.78, 5) is 15.1. The number of amides is 1. The van der Waals surface area contributed by atoms with E-state index in [1.807, 2.05) is 17.0 Å². The number of β-amino-alcohol motifs (C(OH)–C–C–N with tert-alkyl or cyclic N) is 1. The average Bonchev–Trinajstić information content (AvgIpc) is 3.62. The summed E-state index contributed by atoms with van der Waals surface area (Å²) in [6.45, 7) is 2.15. The first-order chi connectivity index (χ1) is 20.7. The molecule has 1 aromatic heterocycles. The number of aliphatic hydroxyl groups is 2. The normalized spacial score (nSPS) is 18.5. The van der Waals surface area contributed by atoms with Gasteiger partial charge in [-0.25, -0.2) is 4.39 Å². The van der Waals surface area contributed by atoms with Gasteiger partial charge in [0.05, 0.1) is 40.7 Å². The van der Waals surface area contributed by atoms with Crippen LogP contribution in [0.15, 0.2) is 54.6 Å². The molecule has 2 aliphatic heterocycles. The molecule has 0 spiro atoms. The number of aromatic nitrogens is 2. The van der Waals surface area contributed by atoms with Crippen LogP contribution in [0.5, 0.6) is 5.75 Å². The van der Waals surface area contributed by atoms with Gasteiger partial charge in [-0.1, -0.05) is 53.5 Å². The van der Waals surface area contributed by atoms with Crippen molar-refractivity contribution < 1.29 is 24.1 Å². The number of nitrogens with one attached hydrogen (secondary N) is 1. The van der Waals surface area contributed by atoms with Gasteiger partial charge in [0, 0.05) is 48.4 Å². The van der Waals surface area contributed by atoms with Crippen LogP contribution in [0.25, 0.3) is 22.3 Å². The Morgan fingerprint density at radius 1 is 1.05 bits per heavy atom. The number of rotatable bonds is 7. The van der Waals surface area contributed by atoms with Crippen LogP contribution in [-0.2, 0) is 13.1 Å². The zero-order chi connectivity index (χ0) is 30.2. The van der Waals surface area contributed by atoms with Crippen LogP contribution in [0.1, 0.15) is 47.1 Å². The minimum Gasteiger partial charge on any atom is -0.496 e. The third kappa shape index (κ3) is 5.88. The lowest BCUT2D eigenvalue weighted by Crippen LogP contribution is -2.22. The number of hydrogen-bond donors (Lipinski definition) is 3. The Balaban J connectivity index is 1.29. The molecule has 0 radical (unpaired) electrons. The van der Waals surface area contributed by atoms with Crippen molar-refractivity contribution in [2.24, 2.45) is 0 Å². The van der Waals surface area contributed by atoms with Crippen molar-refractivity contribution in [3.8, 4) is 28.0 Å². The summed E-state index contributed by atoms with van der Waals surface area (Å²) in [5.74, 6) is -0.471. The second-order valence-corrected chi connectivity index (χ2v) is 11.7. The van der Waals surface area contributed by atoms with Crippen molar-refractivity contribution in [1.82, 2.24) is 14.7 Å². The van der Waals surface area contributed by atoms with Gasteiger partial charge in [-0.15, -0.1) is 0 Å². The van der Waals surface area contributed by atoms with E-state index in [4.69, 9.17) is 27.9 Å². The van der Waals surface area contributed by atoms with Crippen LogP contribution in [0.2, 0.25) is 10.0 Å². The molecule has 1 unspecified atom stereocenters. The van der Waals surface area contributed by atoms with E-state index in [0.29, 0.717) is 89.0 Å². The lowest BCUT2D eigenvalue weighted by atomic mass is 9.97. The number of hydrogen-bond acceptors (Lipinski definition) is 6. The maximum Gasteiger partial charge on any atom is 0.276 e. The van der Waals surface area contributed by atoms with Gasteiger partial charge in [0.2, 0.25) is 0 Å². The predicted molar refractivity (Wildman–Crippen MR) is 164 cm³/mol. The van der Waals surface area contributed by atoms with E-state index in [9.17, 15) is 15.0 Å². The Hall–Kier alpha value is -3.47. The van der Waals surface area contributed by atoms with Crippen LogP contribution < -0.4 is 10.1 Å². The van der Waals surface area contributed by atoms with Crippen LogP contribution in [0, 0.1) is 5.82 Å². The summed E-state index contributed by atoms with van der Waals surface area (Å²) >= 11 is 13.7. The Kier molecular flexibility index (Phi) is 8.44. The number of aliphatic hydroxyl groups excluding tert-OH is 2. The minimum atomic E-state index is -0.645. The molecule has 224 valence electrons. The molecule has 11 heteroatoms. The van der Waals surface area contributed by atoms with Gasteiger partial charge in [-0.05, 0) is 49.1 Å². The predicted octanol–water partition coefficient (Wildman–Crippen LogP) is 6.32. The first-order valence-electron chi connectivity index (χ1n) is 14.1. The van der Waals surface area contributed by atoms with E-state index >= 15 is 4.39 Å². The number of nitrogens with zero attached hydrogens (tertiary/aromatic N) is 3. The number of ether oxygens (including phenoxy) is 1. The molecule has 4 aromatic rings. The van der Waals surface area contributed by atoms with Crippen molar-refractivity contribution in [1.29, 1.82) is 0 Å². The second-order valence-electron chi connectivity index (χ2n) is 10.9. The average molecular weight is 626 g/mol. The summed E-state index contributed by atoms with van der Waals surface area (Å²) in [5, 5.41) is 27.9. The molecule has 2 atom stereocenters. The second kappa shape index (κ2) is 12.3. The number of anilines is 1. The summed E-state index contributed by atoms with van der Waals surface area (Å²) in [7, 11) is 1.50. The smallest absolute Gasteiger partial charge is 0.276 e. The highest BCUT2D eigenvalue weighted by Gasteiger charge is 2.25. The van der Waals surface area contributed by atoms with Gasteiger partial charge in [0.25, 0.3) is 5.91 Å². The molecular weight excluding hydrogens is 594 g/mol. The van der Waals surface area contributed by atoms with Crippen molar-refractivity contribution in [3.05, 3.63) is 87.4 Å². The van der Waals surface area contributed by atoms with Gasteiger partial charge in [0.15, 0.2) is 5.69 Å².